The monoisotopic (exact) mass is 277 g/mol. The van der Waals surface area contributed by atoms with Crippen LogP contribution < -0.4 is 5.32 Å². The SMILES string of the molecule is O=C(O)c1ccc(NC(=O)c2cccc(F)c2F)cc1. The summed E-state index contributed by atoms with van der Waals surface area (Å²) in [6, 6.07) is 8.59. The lowest BCUT2D eigenvalue weighted by Gasteiger charge is -2.06. The van der Waals surface area contributed by atoms with Crippen molar-refractivity contribution in [1.29, 1.82) is 0 Å². The lowest BCUT2D eigenvalue weighted by Crippen LogP contribution is -2.14. The van der Waals surface area contributed by atoms with Crippen LogP contribution in [0.3, 0.4) is 0 Å². The van der Waals surface area contributed by atoms with E-state index in [0.29, 0.717) is 0 Å². The third-order valence-electron chi connectivity index (χ3n) is 2.59. The van der Waals surface area contributed by atoms with Gasteiger partial charge in [-0.1, -0.05) is 6.07 Å². The van der Waals surface area contributed by atoms with Crippen LogP contribution in [-0.2, 0) is 0 Å². The Balaban J connectivity index is 2.19. The van der Waals surface area contributed by atoms with Gasteiger partial charge in [0.1, 0.15) is 0 Å². The first kappa shape index (κ1) is 13.7. The van der Waals surface area contributed by atoms with Gasteiger partial charge in [0.05, 0.1) is 11.1 Å². The van der Waals surface area contributed by atoms with Crippen LogP contribution in [0.5, 0.6) is 0 Å². The summed E-state index contributed by atoms with van der Waals surface area (Å²) in [4.78, 5) is 22.4. The number of carbonyl (C=O) groups excluding carboxylic acids is 1. The Morgan fingerprint density at radius 2 is 1.65 bits per heavy atom. The van der Waals surface area contributed by atoms with Gasteiger partial charge < -0.3 is 10.4 Å². The van der Waals surface area contributed by atoms with Crippen LogP contribution in [0.4, 0.5) is 14.5 Å². The van der Waals surface area contributed by atoms with E-state index in [9.17, 15) is 18.4 Å². The molecule has 0 unspecified atom stereocenters. The smallest absolute Gasteiger partial charge is 0.335 e. The van der Waals surface area contributed by atoms with Gasteiger partial charge in [-0.2, -0.15) is 0 Å². The van der Waals surface area contributed by atoms with Crippen LogP contribution in [0, 0.1) is 11.6 Å². The second-order valence-corrected chi connectivity index (χ2v) is 3.94. The molecular formula is C14H9F2NO3. The van der Waals surface area contributed by atoms with Crippen molar-refractivity contribution in [3.63, 3.8) is 0 Å². The highest BCUT2D eigenvalue weighted by Crippen LogP contribution is 2.15. The molecular weight excluding hydrogens is 268 g/mol. The van der Waals surface area contributed by atoms with Crippen molar-refractivity contribution in [3.05, 3.63) is 65.2 Å². The summed E-state index contributed by atoms with van der Waals surface area (Å²) in [7, 11) is 0. The Bertz CT molecular complexity index is 669. The number of benzene rings is 2. The molecule has 0 atom stereocenters. The van der Waals surface area contributed by atoms with Gasteiger partial charge >= 0.3 is 5.97 Å². The van der Waals surface area contributed by atoms with Crippen LogP contribution >= 0.6 is 0 Å². The van der Waals surface area contributed by atoms with Crippen LogP contribution in [0.25, 0.3) is 0 Å². The average molecular weight is 277 g/mol. The maximum Gasteiger partial charge on any atom is 0.335 e. The molecule has 0 saturated carbocycles. The van der Waals surface area contributed by atoms with Gasteiger partial charge in [-0.05, 0) is 36.4 Å². The molecule has 0 heterocycles. The number of halogens is 2. The lowest BCUT2D eigenvalue weighted by molar-refractivity contribution is 0.0696. The topological polar surface area (TPSA) is 66.4 Å². The zero-order valence-electron chi connectivity index (χ0n) is 10.1. The average Bonchev–Trinajstić information content (AvgIpc) is 2.42. The van der Waals surface area contributed by atoms with Gasteiger partial charge in [0.2, 0.25) is 0 Å². The first-order valence-corrected chi connectivity index (χ1v) is 5.58. The van der Waals surface area contributed by atoms with Crippen LogP contribution in [0.1, 0.15) is 20.7 Å². The Morgan fingerprint density at radius 1 is 1.00 bits per heavy atom. The molecule has 0 radical (unpaired) electrons. The molecule has 6 heteroatoms. The number of carbonyl (C=O) groups is 2. The molecule has 0 aliphatic heterocycles. The molecule has 0 fully saturated rings. The lowest BCUT2D eigenvalue weighted by atomic mass is 10.1. The van der Waals surface area contributed by atoms with E-state index in [4.69, 9.17) is 5.11 Å². The summed E-state index contributed by atoms with van der Waals surface area (Å²) in [5, 5.41) is 11.1. The van der Waals surface area contributed by atoms with Gasteiger partial charge in [0.25, 0.3) is 5.91 Å². The van der Waals surface area contributed by atoms with Crippen molar-refractivity contribution < 1.29 is 23.5 Å². The van der Waals surface area contributed by atoms with Gasteiger partial charge in [-0.15, -0.1) is 0 Å². The standard InChI is InChI=1S/C14H9F2NO3/c15-11-3-1-2-10(12(11)16)13(18)17-9-6-4-8(5-7-9)14(19)20/h1-7H,(H,17,18)(H,19,20). The third kappa shape index (κ3) is 2.80. The highest BCUT2D eigenvalue weighted by atomic mass is 19.2. The molecule has 2 N–H and O–H groups in total. The fourth-order valence-electron chi connectivity index (χ4n) is 1.57. The number of nitrogens with one attached hydrogen (secondary N) is 1. The maximum absolute atomic E-state index is 13.4. The minimum absolute atomic E-state index is 0.0555. The zero-order valence-corrected chi connectivity index (χ0v) is 10.1. The Morgan fingerprint density at radius 3 is 2.25 bits per heavy atom. The highest BCUT2D eigenvalue weighted by Gasteiger charge is 2.15. The Labute approximate surface area is 112 Å². The molecule has 4 nitrogen and oxygen atoms in total. The minimum Gasteiger partial charge on any atom is -0.478 e. The summed E-state index contributed by atoms with van der Waals surface area (Å²) in [5.74, 6) is -4.25. The van der Waals surface area contributed by atoms with E-state index in [1.165, 1.54) is 30.3 Å². The highest BCUT2D eigenvalue weighted by molar-refractivity contribution is 6.04. The number of hydrogen-bond donors (Lipinski definition) is 2. The number of carboxylic acids is 1. The Kier molecular flexibility index (Phi) is 3.74. The van der Waals surface area contributed by atoms with Gasteiger partial charge in [0.15, 0.2) is 11.6 Å². The molecule has 0 aliphatic carbocycles. The number of rotatable bonds is 3. The Hall–Kier alpha value is -2.76. The molecule has 0 saturated heterocycles. The minimum atomic E-state index is -1.23. The molecule has 2 rings (SSSR count). The van der Waals surface area contributed by atoms with Gasteiger partial charge in [-0.25, -0.2) is 13.6 Å². The first-order chi connectivity index (χ1) is 9.49. The van der Waals surface area contributed by atoms with Gasteiger partial charge in [0, 0.05) is 5.69 Å². The molecule has 2 aromatic rings. The van der Waals surface area contributed by atoms with Crippen molar-refractivity contribution in [1.82, 2.24) is 0 Å². The number of amides is 1. The second kappa shape index (κ2) is 5.48. The predicted molar refractivity (Wildman–Crippen MR) is 67.7 cm³/mol. The molecule has 0 aliphatic rings. The van der Waals surface area contributed by atoms with E-state index in [1.807, 2.05) is 0 Å². The molecule has 1 amide bonds. The predicted octanol–water partition coefficient (Wildman–Crippen LogP) is 2.92. The summed E-state index contributed by atoms with van der Waals surface area (Å²) < 4.78 is 26.4. The van der Waals surface area contributed by atoms with E-state index < -0.39 is 29.1 Å². The summed E-state index contributed by atoms with van der Waals surface area (Å²) in [6.45, 7) is 0. The third-order valence-corrected chi connectivity index (χ3v) is 2.59. The van der Waals surface area contributed by atoms with E-state index in [-0.39, 0.29) is 11.3 Å². The maximum atomic E-state index is 13.4. The molecule has 2 aromatic carbocycles. The van der Waals surface area contributed by atoms with Crippen LogP contribution in [0.15, 0.2) is 42.5 Å². The molecule has 0 aromatic heterocycles. The van der Waals surface area contributed by atoms with Gasteiger partial charge in [-0.3, -0.25) is 4.79 Å². The van der Waals surface area contributed by atoms with Crippen molar-refractivity contribution in [3.8, 4) is 0 Å². The normalized spacial score (nSPS) is 10.1. The molecule has 0 bridgehead atoms. The van der Waals surface area contributed by atoms with Crippen molar-refractivity contribution in [2.45, 2.75) is 0 Å². The zero-order chi connectivity index (χ0) is 14.7. The summed E-state index contributed by atoms with van der Waals surface area (Å²) >= 11 is 0. The van der Waals surface area contributed by atoms with E-state index in [2.05, 4.69) is 5.32 Å². The number of carboxylic acid groups (broad SMARTS) is 1. The number of aromatic carboxylic acids is 1. The summed E-state index contributed by atoms with van der Waals surface area (Å²) in [6.07, 6.45) is 0. The van der Waals surface area contributed by atoms with Crippen molar-refractivity contribution >= 4 is 17.6 Å². The number of hydrogen-bond acceptors (Lipinski definition) is 2. The fraction of sp³-hybridized carbons (Fsp3) is 0. The number of anilines is 1. The molecule has 0 spiro atoms. The van der Waals surface area contributed by atoms with E-state index in [0.717, 1.165) is 12.1 Å². The van der Waals surface area contributed by atoms with Crippen LogP contribution in [0.2, 0.25) is 0 Å². The molecule has 20 heavy (non-hydrogen) atoms. The van der Waals surface area contributed by atoms with Crippen LogP contribution in [-0.4, -0.2) is 17.0 Å². The largest absolute Gasteiger partial charge is 0.478 e. The van der Waals surface area contributed by atoms with E-state index in [1.54, 1.807) is 0 Å². The summed E-state index contributed by atoms with van der Waals surface area (Å²) in [5.41, 5.74) is -0.0871. The van der Waals surface area contributed by atoms with Crippen molar-refractivity contribution in [2.24, 2.45) is 0 Å². The quantitative estimate of drug-likeness (QED) is 0.906. The molecule has 102 valence electrons. The second-order valence-electron chi connectivity index (χ2n) is 3.94. The van der Waals surface area contributed by atoms with E-state index >= 15 is 0 Å². The first-order valence-electron chi connectivity index (χ1n) is 5.58. The van der Waals surface area contributed by atoms with Crippen molar-refractivity contribution in [2.75, 3.05) is 5.32 Å². The fourth-order valence-corrected chi connectivity index (χ4v) is 1.57.